The van der Waals surface area contributed by atoms with E-state index >= 15 is 0 Å². The van der Waals surface area contributed by atoms with Gasteiger partial charge in [0.15, 0.2) is 0 Å². The number of carbonyl (C=O) groups excluding carboxylic acids is 1. The summed E-state index contributed by atoms with van der Waals surface area (Å²) in [5.74, 6) is 5.79. The molecule has 110 valence electrons. The highest BCUT2D eigenvalue weighted by Gasteiger charge is 2.21. The van der Waals surface area contributed by atoms with E-state index in [-0.39, 0.29) is 11.9 Å². The zero-order valence-electron chi connectivity index (χ0n) is 12.3. The third-order valence-corrected chi connectivity index (χ3v) is 4.04. The van der Waals surface area contributed by atoms with Gasteiger partial charge in [0.25, 0.3) is 5.91 Å². The molecular formula is C15H22N2O2S. The van der Waals surface area contributed by atoms with Gasteiger partial charge in [-0.05, 0) is 25.5 Å². The number of rotatable bonds is 6. The van der Waals surface area contributed by atoms with Crippen molar-refractivity contribution in [3.8, 4) is 11.8 Å². The molecule has 1 unspecified atom stereocenters. The van der Waals surface area contributed by atoms with Crippen LogP contribution in [-0.4, -0.2) is 43.7 Å². The first-order valence-corrected chi connectivity index (χ1v) is 7.54. The second-order valence-electron chi connectivity index (χ2n) is 4.42. The molecule has 5 heteroatoms. The van der Waals surface area contributed by atoms with Gasteiger partial charge in [-0.15, -0.1) is 11.3 Å². The van der Waals surface area contributed by atoms with Gasteiger partial charge >= 0.3 is 0 Å². The Morgan fingerprint density at radius 3 is 2.90 bits per heavy atom. The standard InChI is InChI=1S/C15H22N2O2S/c1-4-12(2)17(10-11-19-3)15(18)14-8-7-13(20-14)6-5-9-16/h7-8,12H,4,9-11,16H2,1-3H3. The van der Waals surface area contributed by atoms with E-state index in [0.29, 0.717) is 24.6 Å². The fourth-order valence-electron chi connectivity index (χ4n) is 1.73. The average Bonchev–Trinajstić information content (AvgIpc) is 2.93. The molecule has 0 radical (unpaired) electrons. The monoisotopic (exact) mass is 294 g/mol. The van der Waals surface area contributed by atoms with Crippen LogP contribution >= 0.6 is 11.3 Å². The van der Waals surface area contributed by atoms with Crippen LogP contribution in [0.25, 0.3) is 0 Å². The third kappa shape index (κ3) is 4.64. The molecule has 0 bridgehead atoms. The topological polar surface area (TPSA) is 55.6 Å². The maximum atomic E-state index is 12.5. The summed E-state index contributed by atoms with van der Waals surface area (Å²) in [5.41, 5.74) is 5.35. The number of hydrogen-bond acceptors (Lipinski definition) is 4. The molecule has 1 heterocycles. The van der Waals surface area contributed by atoms with Crippen molar-refractivity contribution in [1.82, 2.24) is 4.90 Å². The molecule has 1 aromatic heterocycles. The number of methoxy groups -OCH3 is 1. The minimum Gasteiger partial charge on any atom is -0.383 e. The van der Waals surface area contributed by atoms with Gasteiger partial charge in [0, 0.05) is 19.7 Å². The molecule has 0 aromatic carbocycles. The number of carbonyl (C=O) groups is 1. The van der Waals surface area contributed by atoms with Gasteiger partial charge in [-0.25, -0.2) is 0 Å². The lowest BCUT2D eigenvalue weighted by molar-refractivity contribution is 0.0619. The van der Waals surface area contributed by atoms with E-state index in [4.69, 9.17) is 10.5 Å². The molecule has 20 heavy (non-hydrogen) atoms. The van der Waals surface area contributed by atoms with Crippen LogP contribution in [0.15, 0.2) is 12.1 Å². The first-order chi connectivity index (χ1) is 9.63. The molecule has 2 N–H and O–H groups in total. The number of amides is 1. The highest BCUT2D eigenvalue weighted by molar-refractivity contribution is 7.14. The van der Waals surface area contributed by atoms with Gasteiger partial charge in [-0.3, -0.25) is 4.79 Å². The minimum atomic E-state index is 0.0437. The predicted molar refractivity (Wildman–Crippen MR) is 82.9 cm³/mol. The number of thiophene rings is 1. The van der Waals surface area contributed by atoms with E-state index in [9.17, 15) is 4.79 Å². The SMILES string of the molecule is CCC(C)N(CCOC)C(=O)c1ccc(C#CCN)s1. The quantitative estimate of drug-likeness (QED) is 0.816. The predicted octanol–water partition coefficient (Wildman–Crippen LogP) is 1.95. The first kappa shape index (κ1) is 16.7. The van der Waals surface area contributed by atoms with Crippen LogP contribution in [0.4, 0.5) is 0 Å². The summed E-state index contributed by atoms with van der Waals surface area (Å²) in [5, 5.41) is 0. The number of ether oxygens (including phenoxy) is 1. The van der Waals surface area contributed by atoms with Crippen molar-refractivity contribution in [2.75, 3.05) is 26.8 Å². The lowest BCUT2D eigenvalue weighted by Gasteiger charge is -2.27. The maximum Gasteiger partial charge on any atom is 0.264 e. The summed E-state index contributed by atoms with van der Waals surface area (Å²) in [6, 6.07) is 3.89. The summed E-state index contributed by atoms with van der Waals surface area (Å²) in [4.78, 5) is 16.0. The molecular weight excluding hydrogens is 272 g/mol. The van der Waals surface area contributed by atoms with Crippen molar-refractivity contribution < 1.29 is 9.53 Å². The second-order valence-corrected chi connectivity index (χ2v) is 5.50. The lowest BCUT2D eigenvalue weighted by atomic mass is 10.2. The maximum absolute atomic E-state index is 12.5. The van der Waals surface area contributed by atoms with Crippen LogP contribution in [0, 0.1) is 11.8 Å². The van der Waals surface area contributed by atoms with Crippen molar-refractivity contribution in [2.24, 2.45) is 5.73 Å². The fourth-order valence-corrected chi connectivity index (χ4v) is 2.57. The largest absolute Gasteiger partial charge is 0.383 e. The Hall–Kier alpha value is -1.35. The Morgan fingerprint density at radius 2 is 2.30 bits per heavy atom. The zero-order valence-corrected chi connectivity index (χ0v) is 13.1. The van der Waals surface area contributed by atoms with Crippen LogP contribution in [0.5, 0.6) is 0 Å². The summed E-state index contributed by atoms with van der Waals surface area (Å²) in [6.07, 6.45) is 0.917. The highest BCUT2D eigenvalue weighted by Crippen LogP contribution is 2.19. The van der Waals surface area contributed by atoms with Crippen LogP contribution in [0.1, 0.15) is 34.8 Å². The van der Waals surface area contributed by atoms with Crippen LogP contribution in [-0.2, 0) is 4.74 Å². The molecule has 0 saturated carbocycles. The van der Waals surface area contributed by atoms with Gasteiger partial charge in [0.2, 0.25) is 0 Å². The van der Waals surface area contributed by atoms with Gasteiger partial charge in [-0.2, -0.15) is 0 Å². The lowest BCUT2D eigenvalue weighted by Crippen LogP contribution is -2.40. The minimum absolute atomic E-state index is 0.0437. The fraction of sp³-hybridized carbons (Fsp3) is 0.533. The molecule has 0 saturated heterocycles. The van der Waals surface area contributed by atoms with Gasteiger partial charge < -0.3 is 15.4 Å². The molecule has 0 aliphatic heterocycles. The zero-order chi connectivity index (χ0) is 15.0. The van der Waals surface area contributed by atoms with Crippen molar-refractivity contribution in [3.05, 3.63) is 21.9 Å². The van der Waals surface area contributed by atoms with Crippen molar-refractivity contribution in [1.29, 1.82) is 0 Å². The summed E-state index contributed by atoms with van der Waals surface area (Å²) in [6.45, 7) is 5.60. The Balaban J connectivity index is 2.85. The number of nitrogens with two attached hydrogens (primary N) is 1. The average molecular weight is 294 g/mol. The number of nitrogens with zero attached hydrogens (tertiary/aromatic N) is 1. The van der Waals surface area contributed by atoms with E-state index in [1.54, 1.807) is 7.11 Å². The van der Waals surface area contributed by atoms with E-state index in [0.717, 1.165) is 11.3 Å². The van der Waals surface area contributed by atoms with E-state index in [2.05, 4.69) is 25.7 Å². The molecule has 4 nitrogen and oxygen atoms in total. The molecule has 0 fully saturated rings. The summed E-state index contributed by atoms with van der Waals surface area (Å²) >= 11 is 1.41. The Morgan fingerprint density at radius 1 is 1.55 bits per heavy atom. The van der Waals surface area contributed by atoms with E-state index in [1.807, 2.05) is 17.0 Å². The Kier molecular flexibility index (Phi) is 7.31. The second kappa shape index (κ2) is 8.75. The number of hydrogen-bond donors (Lipinski definition) is 1. The molecule has 1 rings (SSSR count). The van der Waals surface area contributed by atoms with Crippen LogP contribution in [0.2, 0.25) is 0 Å². The molecule has 1 atom stereocenters. The van der Waals surface area contributed by atoms with E-state index in [1.165, 1.54) is 11.3 Å². The van der Waals surface area contributed by atoms with Crippen molar-refractivity contribution in [2.45, 2.75) is 26.3 Å². The first-order valence-electron chi connectivity index (χ1n) is 6.72. The van der Waals surface area contributed by atoms with Gasteiger partial charge in [0.1, 0.15) is 0 Å². The molecule has 1 amide bonds. The van der Waals surface area contributed by atoms with Crippen molar-refractivity contribution >= 4 is 17.2 Å². The van der Waals surface area contributed by atoms with Crippen LogP contribution < -0.4 is 5.73 Å². The molecule has 1 aromatic rings. The summed E-state index contributed by atoms with van der Waals surface area (Å²) in [7, 11) is 1.64. The normalized spacial score (nSPS) is 11.6. The van der Waals surface area contributed by atoms with Gasteiger partial charge in [-0.1, -0.05) is 18.8 Å². The van der Waals surface area contributed by atoms with Gasteiger partial charge in [0.05, 0.1) is 22.9 Å². The van der Waals surface area contributed by atoms with Crippen LogP contribution in [0.3, 0.4) is 0 Å². The van der Waals surface area contributed by atoms with Crippen molar-refractivity contribution in [3.63, 3.8) is 0 Å². The molecule has 0 aliphatic carbocycles. The molecule has 0 spiro atoms. The summed E-state index contributed by atoms with van der Waals surface area (Å²) < 4.78 is 5.08. The highest BCUT2D eigenvalue weighted by atomic mass is 32.1. The van der Waals surface area contributed by atoms with E-state index < -0.39 is 0 Å². The smallest absolute Gasteiger partial charge is 0.264 e. The third-order valence-electron chi connectivity index (χ3n) is 3.05. The Bertz CT molecular complexity index is 488. The Labute approximate surface area is 124 Å². The molecule has 0 aliphatic rings.